The Kier molecular flexibility index (Phi) is 10.3. The van der Waals surface area contributed by atoms with Gasteiger partial charge in [0, 0.05) is 17.8 Å². The third kappa shape index (κ3) is 6.85. The number of carbonyl (C=O) groups excluding carboxylic acids is 4. The summed E-state index contributed by atoms with van der Waals surface area (Å²) in [6, 6.07) is 10.1. The number of carboxylic acids is 1. The molecule has 11 nitrogen and oxygen atoms in total. The minimum atomic E-state index is -1.05. The number of aliphatic carboxylic acids is 1. The van der Waals surface area contributed by atoms with Crippen molar-refractivity contribution in [3.05, 3.63) is 58.7 Å². The van der Waals surface area contributed by atoms with Crippen LogP contribution in [0.5, 0.6) is 0 Å². The fourth-order valence-electron chi connectivity index (χ4n) is 11.0. The number of nitrogen functional groups attached to an aromatic ring is 1. The van der Waals surface area contributed by atoms with Crippen LogP contribution in [0.2, 0.25) is 0 Å². The third-order valence-electron chi connectivity index (χ3n) is 14.0. The van der Waals surface area contributed by atoms with Gasteiger partial charge in [0.1, 0.15) is 6.04 Å². The van der Waals surface area contributed by atoms with Crippen LogP contribution in [0.4, 0.5) is 11.4 Å². The molecule has 0 aromatic heterocycles. The lowest BCUT2D eigenvalue weighted by molar-refractivity contribution is -0.150. The molecule has 0 radical (unpaired) electrons. The zero-order chi connectivity index (χ0) is 38.5. The Bertz CT molecular complexity index is 1830. The van der Waals surface area contributed by atoms with Crippen molar-refractivity contribution in [1.82, 2.24) is 10.6 Å². The van der Waals surface area contributed by atoms with Crippen LogP contribution in [0.15, 0.2) is 36.4 Å². The zero-order valence-electron chi connectivity index (χ0n) is 31.9. The molecule has 2 aromatic carbocycles. The topological polar surface area (TPSA) is 194 Å². The van der Waals surface area contributed by atoms with Gasteiger partial charge >= 0.3 is 5.97 Å². The second kappa shape index (κ2) is 14.2. The number of hydrogen-bond acceptors (Lipinski definition) is 7. The summed E-state index contributed by atoms with van der Waals surface area (Å²) in [6.07, 6.45) is 8.12. The van der Waals surface area contributed by atoms with Crippen molar-refractivity contribution in [2.45, 2.75) is 135 Å². The smallest absolute Gasteiger partial charge is 0.303 e. The Balaban J connectivity index is 1.17. The van der Waals surface area contributed by atoms with Crippen LogP contribution in [0.3, 0.4) is 0 Å². The molecular weight excluding hydrogens is 670 g/mol. The molecule has 4 aliphatic rings. The minimum absolute atomic E-state index is 0.0190. The second-order valence-electron chi connectivity index (χ2n) is 17.4. The van der Waals surface area contributed by atoms with Crippen molar-refractivity contribution in [1.29, 1.82) is 0 Å². The van der Waals surface area contributed by atoms with Crippen molar-refractivity contribution < 1.29 is 29.1 Å². The van der Waals surface area contributed by atoms with Gasteiger partial charge in [0.15, 0.2) is 0 Å². The zero-order valence-corrected chi connectivity index (χ0v) is 31.9. The van der Waals surface area contributed by atoms with E-state index in [1.165, 1.54) is 16.7 Å². The maximum atomic E-state index is 14.5. The predicted octanol–water partition coefficient (Wildman–Crippen LogP) is 5.27. The highest BCUT2D eigenvalue weighted by molar-refractivity contribution is 6.01. The Hall–Kier alpha value is -4.25. The van der Waals surface area contributed by atoms with Gasteiger partial charge in [-0.25, -0.2) is 0 Å². The molecule has 6 rings (SSSR count). The van der Waals surface area contributed by atoms with Gasteiger partial charge in [0.25, 0.3) is 0 Å². The fourth-order valence-corrected chi connectivity index (χ4v) is 11.0. The first-order chi connectivity index (χ1) is 24.9. The molecule has 4 amide bonds. The number of nitrogens with one attached hydrogen (secondary N) is 3. The fraction of sp³-hybridized carbons (Fsp3) is 0.595. The summed E-state index contributed by atoms with van der Waals surface area (Å²) in [5, 5.41) is 17.4. The lowest BCUT2D eigenvalue weighted by Crippen LogP contribution is -2.60. The first kappa shape index (κ1) is 38.5. The molecule has 0 aliphatic heterocycles. The molecule has 2 fully saturated rings. The standard InChI is InChI=1S/C42H57N5O6/c1-24(45-36(51)31(44)14-17-34(48)49)35(50)46-28-13-9-26-11-16-33-40(3,30(26)23-28)19-7-21-42(33,5)38(53)47-37(52)41(4)20-6-18-39(2)29-22-27(43)12-8-25(29)10-15-32(39)41/h8-9,12-13,22-24,31-33H,6-7,10-11,14-21,43-44H2,1-5H3,(H,45,51)(H,46,50)(H,48,49)(H,47,52,53)/t24-,31-,32+,33+,39+,40+,41-,42-/m0/s1. The van der Waals surface area contributed by atoms with Gasteiger partial charge in [0.05, 0.1) is 16.9 Å². The summed E-state index contributed by atoms with van der Waals surface area (Å²) in [4.78, 5) is 65.4. The van der Waals surface area contributed by atoms with Crippen molar-refractivity contribution in [2.75, 3.05) is 11.1 Å². The van der Waals surface area contributed by atoms with E-state index in [4.69, 9.17) is 16.6 Å². The molecule has 8 N–H and O–H groups in total. The molecule has 2 saturated carbocycles. The van der Waals surface area contributed by atoms with E-state index in [1.807, 2.05) is 31.2 Å². The number of nitrogens with two attached hydrogens (primary N) is 2. The van der Waals surface area contributed by atoms with Crippen LogP contribution in [0, 0.1) is 22.7 Å². The first-order valence-electron chi connectivity index (χ1n) is 19.4. The maximum Gasteiger partial charge on any atom is 0.303 e. The normalized spacial score (nSPS) is 31.3. The number of amides is 4. The van der Waals surface area contributed by atoms with Gasteiger partial charge in [-0.1, -0.05) is 52.7 Å². The van der Waals surface area contributed by atoms with Crippen molar-refractivity contribution in [3.63, 3.8) is 0 Å². The largest absolute Gasteiger partial charge is 0.481 e. The number of carbonyl (C=O) groups is 5. The number of imide groups is 1. The highest BCUT2D eigenvalue weighted by atomic mass is 16.4. The van der Waals surface area contributed by atoms with Crippen LogP contribution in [0.1, 0.15) is 121 Å². The van der Waals surface area contributed by atoms with E-state index in [0.717, 1.165) is 69.0 Å². The Morgan fingerprint density at radius 1 is 0.792 bits per heavy atom. The van der Waals surface area contributed by atoms with E-state index in [9.17, 15) is 24.0 Å². The number of rotatable bonds is 9. The summed E-state index contributed by atoms with van der Waals surface area (Å²) in [7, 11) is 0. The molecule has 0 unspecified atom stereocenters. The lowest BCUT2D eigenvalue weighted by Gasteiger charge is -2.56. The molecule has 0 saturated heterocycles. The van der Waals surface area contributed by atoms with E-state index in [2.05, 4.69) is 48.9 Å². The van der Waals surface area contributed by atoms with Gasteiger partial charge in [-0.2, -0.15) is 0 Å². The van der Waals surface area contributed by atoms with Crippen molar-refractivity contribution in [3.8, 4) is 0 Å². The molecule has 53 heavy (non-hydrogen) atoms. The molecule has 0 bridgehead atoms. The highest BCUT2D eigenvalue weighted by Gasteiger charge is 2.58. The van der Waals surface area contributed by atoms with E-state index < -0.39 is 40.7 Å². The molecule has 11 heteroatoms. The summed E-state index contributed by atoms with van der Waals surface area (Å²) >= 11 is 0. The van der Waals surface area contributed by atoms with Gasteiger partial charge in [0.2, 0.25) is 23.6 Å². The molecule has 0 spiro atoms. The second-order valence-corrected chi connectivity index (χ2v) is 17.4. The van der Waals surface area contributed by atoms with E-state index in [1.54, 1.807) is 6.92 Å². The van der Waals surface area contributed by atoms with Gasteiger partial charge in [-0.05, 0) is 134 Å². The van der Waals surface area contributed by atoms with E-state index in [-0.39, 0.29) is 47.3 Å². The van der Waals surface area contributed by atoms with Crippen LogP contribution >= 0.6 is 0 Å². The number of benzene rings is 2. The molecule has 286 valence electrons. The summed E-state index contributed by atoms with van der Waals surface area (Å²) < 4.78 is 0. The van der Waals surface area contributed by atoms with Gasteiger partial charge in [-0.3, -0.25) is 29.3 Å². The minimum Gasteiger partial charge on any atom is -0.481 e. The highest BCUT2D eigenvalue weighted by Crippen LogP contribution is 2.59. The van der Waals surface area contributed by atoms with Gasteiger partial charge < -0.3 is 27.2 Å². The van der Waals surface area contributed by atoms with Crippen molar-refractivity contribution in [2.24, 2.45) is 28.4 Å². The van der Waals surface area contributed by atoms with E-state index >= 15 is 0 Å². The number of carboxylic acid groups (broad SMARTS) is 1. The molecule has 2 aromatic rings. The molecular formula is C42H57N5O6. The Morgan fingerprint density at radius 3 is 1.87 bits per heavy atom. The van der Waals surface area contributed by atoms with E-state index in [0.29, 0.717) is 12.1 Å². The number of aryl methyl sites for hydroxylation is 2. The Labute approximate surface area is 312 Å². The molecule has 8 atom stereocenters. The average molecular weight is 728 g/mol. The quantitative estimate of drug-likeness (QED) is 0.149. The average Bonchev–Trinajstić information content (AvgIpc) is 3.10. The van der Waals surface area contributed by atoms with Crippen LogP contribution in [0.25, 0.3) is 0 Å². The Morgan fingerprint density at radius 2 is 1.32 bits per heavy atom. The van der Waals surface area contributed by atoms with Crippen LogP contribution in [-0.4, -0.2) is 46.8 Å². The van der Waals surface area contributed by atoms with Crippen LogP contribution < -0.4 is 27.4 Å². The molecule has 4 aliphatic carbocycles. The van der Waals surface area contributed by atoms with Crippen LogP contribution in [-0.2, 0) is 47.6 Å². The first-order valence-corrected chi connectivity index (χ1v) is 19.4. The lowest BCUT2D eigenvalue weighted by atomic mass is 9.49. The third-order valence-corrected chi connectivity index (χ3v) is 14.0. The summed E-state index contributed by atoms with van der Waals surface area (Å²) in [5.41, 5.74) is 16.2. The number of anilines is 2. The predicted molar refractivity (Wildman–Crippen MR) is 204 cm³/mol. The molecule has 0 heterocycles. The summed E-state index contributed by atoms with van der Waals surface area (Å²) in [5.74, 6) is -2.34. The maximum absolute atomic E-state index is 14.5. The van der Waals surface area contributed by atoms with Crippen molar-refractivity contribution >= 4 is 41.0 Å². The number of fused-ring (bicyclic) bond motifs is 6. The SMILES string of the molecule is C[C@H](NC(=O)[C@@H](N)CCC(=O)O)C(=O)Nc1ccc2c(c1)[C@@]1(C)CCC[C@](C)(C(=O)NC(=O)[C@@]3(C)CCC[C@]4(C)c5cc(N)ccc5CC[C@@H]34)[C@@H]1CC2. The summed E-state index contributed by atoms with van der Waals surface area (Å²) in [6.45, 7) is 10.1. The monoisotopic (exact) mass is 727 g/mol. The van der Waals surface area contributed by atoms with Gasteiger partial charge in [-0.15, -0.1) is 0 Å². The number of hydrogen-bond donors (Lipinski definition) is 6.